The lowest BCUT2D eigenvalue weighted by molar-refractivity contribution is -0.107. The molecule has 0 spiro atoms. The van der Waals surface area contributed by atoms with Gasteiger partial charge in [0.2, 0.25) is 6.41 Å². The van der Waals surface area contributed by atoms with Crippen molar-refractivity contribution >= 4 is 12.1 Å². The molecule has 3 nitrogen and oxygen atoms in total. The van der Waals surface area contributed by atoms with E-state index >= 15 is 0 Å². The second-order valence-corrected chi connectivity index (χ2v) is 3.86. The molecule has 82 valence electrons. The Morgan fingerprint density at radius 2 is 2.27 bits per heavy atom. The number of hydrogen-bond donors (Lipinski definition) is 0. The highest BCUT2D eigenvalue weighted by molar-refractivity contribution is 5.77. The normalized spacial score (nSPS) is 10.4. The molecule has 0 atom stereocenters. The number of amides is 1. The van der Waals surface area contributed by atoms with Crippen molar-refractivity contribution in [1.82, 2.24) is 4.98 Å². The molecule has 0 saturated carbocycles. The van der Waals surface area contributed by atoms with Gasteiger partial charge in [0.15, 0.2) is 0 Å². The minimum absolute atomic E-state index is 0.181. The molecule has 1 aromatic rings. The van der Waals surface area contributed by atoms with Crippen LogP contribution < -0.4 is 4.90 Å². The summed E-state index contributed by atoms with van der Waals surface area (Å²) in [5, 5.41) is 0. The minimum Gasteiger partial charge on any atom is -0.312 e. The summed E-state index contributed by atoms with van der Waals surface area (Å²) in [7, 11) is 0. The fourth-order valence-electron chi connectivity index (χ4n) is 1.59. The van der Waals surface area contributed by atoms with Crippen LogP contribution in [0.3, 0.4) is 0 Å². The van der Waals surface area contributed by atoms with Crippen LogP contribution >= 0.6 is 0 Å². The first-order valence-electron chi connectivity index (χ1n) is 5.37. The maximum Gasteiger partial charge on any atom is 0.214 e. The van der Waals surface area contributed by atoms with Crippen molar-refractivity contribution in [2.75, 3.05) is 4.90 Å². The summed E-state index contributed by atoms with van der Waals surface area (Å²) in [6.07, 6.45) is 6.48. The van der Waals surface area contributed by atoms with Gasteiger partial charge < -0.3 is 4.90 Å². The third-order valence-electron chi connectivity index (χ3n) is 2.35. The van der Waals surface area contributed by atoms with E-state index < -0.39 is 0 Å². The fourth-order valence-corrected chi connectivity index (χ4v) is 1.59. The van der Waals surface area contributed by atoms with Crippen LogP contribution in [-0.2, 0) is 11.2 Å². The molecule has 0 N–H and O–H groups in total. The quantitative estimate of drug-likeness (QED) is 0.693. The average Bonchev–Trinajstić information content (AvgIpc) is 2.21. The van der Waals surface area contributed by atoms with Gasteiger partial charge in [-0.3, -0.25) is 9.78 Å². The Bertz CT molecular complexity index is 323. The Hall–Kier alpha value is -1.38. The molecule has 1 aromatic heterocycles. The summed E-state index contributed by atoms with van der Waals surface area (Å²) >= 11 is 0. The van der Waals surface area contributed by atoms with Crippen molar-refractivity contribution in [3.05, 3.63) is 24.0 Å². The number of carbonyl (C=O) groups is 1. The molecule has 0 aliphatic rings. The number of rotatable bonds is 5. The topological polar surface area (TPSA) is 33.2 Å². The second kappa shape index (κ2) is 5.49. The number of hydrogen-bond acceptors (Lipinski definition) is 2. The Morgan fingerprint density at radius 3 is 2.80 bits per heavy atom. The van der Waals surface area contributed by atoms with Crippen LogP contribution in [0, 0.1) is 0 Å². The van der Waals surface area contributed by atoms with Gasteiger partial charge in [0.1, 0.15) is 0 Å². The van der Waals surface area contributed by atoms with Crippen LogP contribution in [-0.4, -0.2) is 17.4 Å². The third kappa shape index (κ3) is 2.78. The third-order valence-corrected chi connectivity index (χ3v) is 2.35. The molecule has 0 aliphatic carbocycles. The summed E-state index contributed by atoms with van der Waals surface area (Å²) < 4.78 is 0. The molecule has 0 radical (unpaired) electrons. The van der Waals surface area contributed by atoms with E-state index in [-0.39, 0.29) is 6.04 Å². The first kappa shape index (κ1) is 11.7. The fraction of sp³-hybridized carbons (Fsp3) is 0.500. The van der Waals surface area contributed by atoms with Gasteiger partial charge in [-0.2, -0.15) is 0 Å². The summed E-state index contributed by atoms with van der Waals surface area (Å²) in [5.74, 6) is 0. The number of aromatic nitrogens is 1. The smallest absolute Gasteiger partial charge is 0.214 e. The van der Waals surface area contributed by atoms with Crippen molar-refractivity contribution in [3.63, 3.8) is 0 Å². The lowest BCUT2D eigenvalue weighted by atomic mass is 10.1. The highest BCUT2D eigenvalue weighted by Gasteiger charge is 2.12. The highest BCUT2D eigenvalue weighted by Crippen LogP contribution is 2.21. The summed E-state index contributed by atoms with van der Waals surface area (Å²) in [4.78, 5) is 16.8. The van der Waals surface area contributed by atoms with E-state index in [9.17, 15) is 4.79 Å². The van der Waals surface area contributed by atoms with Gasteiger partial charge in [0, 0.05) is 24.1 Å². The van der Waals surface area contributed by atoms with Crippen LogP contribution in [0.2, 0.25) is 0 Å². The van der Waals surface area contributed by atoms with Gasteiger partial charge in [0.05, 0.1) is 0 Å². The molecule has 0 saturated heterocycles. The molecule has 1 amide bonds. The standard InChI is InChI=1S/C12H18N2O/c1-4-5-11-8-13-7-6-12(11)14(9-15)10(2)3/h6-10H,4-5H2,1-3H3. The summed E-state index contributed by atoms with van der Waals surface area (Å²) in [6.45, 7) is 6.13. The number of anilines is 1. The SMILES string of the molecule is CCCc1cnccc1N(C=O)C(C)C. The molecule has 1 rings (SSSR count). The van der Waals surface area contributed by atoms with E-state index in [0.717, 1.165) is 30.5 Å². The van der Waals surface area contributed by atoms with E-state index in [1.165, 1.54) is 0 Å². The molecule has 0 bridgehead atoms. The van der Waals surface area contributed by atoms with Crippen molar-refractivity contribution < 1.29 is 4.79 Å². The molecule has 0 fully saturated rings. The lowest BCUT2D eigenvalue weighted by Crippen LogP contribution is -2.29. The van der Waals surface area contributed by atoms with Gasteiger partial charge >= 0.3 is 0 Å². The molecule has 3 heteroatoms. The Kier molecular flexibility index (Phi) is 4.28. The Labute approximate surface area is 91.1 Å². The van der Waals surface area contributed by atoms with E-state index in [1.807, 2.05) is 26.1 Å². The predicted molar refractivity (Wildman–Crippen MR) is 61.9 cm³/mol. The highest BCUT2D eigenvalue weighted by atomic mass is 16.1. The van der Waals surface area contributed by atoms with Crippen molar-refractivity contribution in [2.24, 2.45) is 0 Å². The van der Waals surface area contributed by atoms with Crippen LogP contribution in [0.1, 0.15) is 32.8 Å². The molecule has 1 heterocycles. The number of aryl methyl sites for hydroxylation is 1. The van der Waals surface area contributed by atoms with E-state index in [2.05, 4.69) is 11.9 Å². The Balaban J connectivity index is 3.04. The van der Waals surface area contributed by atoms with E-state index in [1.54, 1.807) is 11.1 Å². The van der Waals surface area contributed by atoms with E-state index in [0.29, 0.717) is 0 Å². The average molecular weight is 206 g/mol. The molecule has 15 heavy (non-hydrogen) atoms. The largest absolute Gasteiger partial charge is 0.312 e. The number of nitrogens with zero attached hydrogens (tertiary/aromatic N) is 2. The Morgan fingerprint density at radius 1 is 1.53 bits per heavy atom. The lowest BCUT2D eigenvalue weighted by Gasteiger charge is -2.24. The molecule has 0 aliphatic heterocycles. The molecule has 0 unspecified atom stereocenters. The first-order chi connectivity index (χ1) is 7.20. The summed E-state index contributed by atoms with van der Waals surface area (Å²) in [5.41, 5.74) is 2.12. The van der Waals surface area contributed by atoms with Crippen molar-refractivity contribution in [3.8, 4) is 0 Å². The van der Waals surface area contributed by atoms with Crippen LogP contribution in [0.4, 0.5) is 5.69 Å². The molecule has 0 aromatic carbocycles. The molecular formula is C12H18N2O. The van der Waals surface area contributed by atoms with Crippen LogP contribution in [0.5, 0.6) is 0 Å². The minimum atomic E-state index is 0.181. The van der Waals surface area contributed by atoms with Crippen LogP contribution in [0.25, 0.3) is 0 Å². The van der Waals surface area contributed by atoms with Gasteiger partial charge in [0.25, 0.3) is 0 Å². The van der Waals surface area contributed by atoms with Gasteiger partial charge in [-0.15, -0.1) is 0 Å². The maximum absolute atomic E-state index is 11.0. The number of pyridine rings is 1. The summed E-state index contributed by atoms with van der Waals surface area (Å²) in [6, 6.07) is 2.08. The second-order valence-electron chi connectivity index (χ2n) is 3.86. The number of carbonyl (C=O) groups excluding carboxylic acids is 1. The van der Waals surface area contributed by atoms with Crippen LogP contribution in [0.15, 0.2) is 18.5 Å². The van der Waals surface area contributed by atoms with Crippen molar-refractivity contribution in [2.45, 2.75) is 39.7 Å². The maximum atomic E-state index is 11.0. The zero-order valence-corrected chi connectivity index (χ0v) is 9.60. The first-order valence-corrected chi connectivity index (χ1v) is 5.37. The zero-order valence-electron chi connectivity index (χ0n) is 9.60. The van der Waals surface area contributed by atoms with E-state index in [4.69, 9.17) is 0 Å². The van der Waals surface area contributed by atoms with Crippen molar-refractivity contribution in [1.29, 1.82) is 0 Å². The van der Waals surface area contributed by atoms with Gasteiger partial charge in [-0.25, -0.2) is 0 Å². The zero-order chi connectivity index (χ0) is 11.3. The van der Waals surface area contributed by atoms with Gasteiger partial charge in [-0.05, 0) is 31.9 Å². The molecular weight excluding hydrogens is 188 g/mol. The monoisotopic (exact) mass is 206 g/mol. The van der Waals surface area contributed by atoms with Gasteiger partial charge in [-0.1, -0.05) is 13.3 Å². The predicted octanol–water partition coefficient (Wildman–Crippen LogP) is 2.41.